The third kappa shape index (κ3) is 2.07. The van der Waals surface area contributed by atoms with Crippen molar-refractivity contribution in [1.82, 2.24) is 10.3 Å². The minimum Gasteiger partial charge on any atom is -0.316 e. The first-order chi connectivity index (χ1) is 6.36. The topological polar surface area (TPSA) is 24.9 Å². The number of nitrogens with zero attached hydrogens (tertiary/aromatic N) is 1. The summed E-state index contributed by atoms with van der Waals surface area (Å²) >= 11 is 0. The molecular formula is C11H16N2. The van der Waals surface area contributed by atoms with E-state index in [1.165, 1.54) is 25.1 Å². The summed E-state index contributed by atoms with van der Waals surface area (Å²) < 4.78 is 0. The van der Waals surface area contributed by atoms with Gasteiger partial charge in [0.1, 0.15) is 0 Å². The second-order valence-electron chi connectivity index (χ2n) is 3.75. The fraction of sp³-hybridized carbons (Fsp3) is 0.545. The van der Waals surface area contributed by atoms with Gasteiger partial charge >= 0.3 is 0 Å². The smallest absolute Gasteiger partial charge is 0.0450 e. The Kier molecular flexibility index (Phi) is 2.60. The van der Waals surface area contributed by atoms with Crippen molar-refractivity contribution in [2.75, 3.05) is 13.1 Å². The Labute approximate surface area is 79.4 Å². The summed E-state index contributed by atoms with van der Waals surface area (Å²) in [6.07, 6.45) is 2.56. The predicted molar refractivity (Wildman–Crippen MR) is 53.8 cm³/mol. The van der Waals surface area contributed by atoms with Gasteiger partial charge in [0.25, 0.3) is 0 Å². The number of hydrogen-bond acceptors (Lipinski definition) is 2. The molecule has 0 unspecified atom stereocenters. The second-order valence-corrected chi connectivity index (χ2v) is 3.75. The van der Waals surface area contributed by atoms with Crippen LogP contribution < -0.4 is 5.32 Å². The maximum absolute atomic E-state index is 4.56. The van der Waals surface area contributed by atoms with E-state index in [2.05, 4.69) is 35.4 Å². The molecule has 1 aliphatic rings. The summed E-state index contributed by atoms with van der Waals surface area (Å²) in [5.74, 6) is 0.633. The van der Waals surface area contributed by atoms with Crippen molar-refractivity contribution < 1.29 is 0 Å². The minimum atomic E-state index is 0.633. The fourth-order valence-corrected chi connectivity index (χ4v) is 1.90. The number of aromatic nitrogens is 1. The van der Waals surface area contributed by atoms with E-state index >= 15 is 0 Å². The van der Waals surface area contributed by atoms with Crippen molar-refractivity contribution in [1.29, 1.82) is 0 Å². The molecule has 13 heavy (non-hydrogen) atoms. The molecule has 0 amide bonds. The van der Waals surface area contributed by atoms with Crippen molar-refractivity contribution in [2.24, 2.45) is 0 Å². The molecule has 1 fully saturated rings. The summed E-state index contributed by atoms with van der Waals surface area (Å²) in [5.41, 5.74) is 2.38. The van der Waals surface area contributed by atoms with E-state index in [9.17, 15) is 0 Å². The van der Waals surface area contributed by atoms with Gasteiger partial charge in [-0.25, -0.2) is 0 Å². The summed E-state index contributed by atoms with van der Waals surface area (Å²) in [7, 11) is 0. The zero-order valence-corrected chi connectivity index (χ0v) is 8.09. The van der Waals surface area contributed by atoms with Crippen molar-refractivity contribution in [3.8, 4) is 0 Å². The lowest BCUT2D eigenvalue weighted by Crippen LogP contribution is -2.28. The lowest BCUT2D eigenvalue weighted by Gasteiger charge is -2.22. The van der Waals surface area contributed by atoms with Gasteiger partial charge in [0.2, 0.25) is 0 Å². The molecule has 0 aliphatic carbocycles. The van der Waals surface area contributed by atoms with Gasteiger partial charge in [-0.2, -0.15) is 0 Å². The molecule has 2 heteroatoms. The largest absolute Gasteiger partial charge is 0.316 e. The van der Waals surface area contributed by atoms with Gasteiger partial charge in [0, 0.05) is 23.9 Å². The third-order valence-corrected chi connectivity index (χ3v) is 2.63. The molecule has 1 saturated heterocycles. The first-order valence-electron chi connectivity index (χ1n) is 5.00. The third-order valence-electron chi connectivity index (χ3n) is 2.63. The van der Waals surface area contributed by atoms with Crippen LogP contribution in [0.4, 0.5) is 0 Å². The lowest BCUT2D eigenvalue weighted by molar-refractivity contribution is 0.454. The van der Waals surface area contributed by atoms with Crippen molar-refractivity contribution >= 4 is 0 Å². The van der Waals surface area contributed by atoms with Crippen LogP contribution in [0.2, 0.25) is 0 Å². The zero-order valence-electron chi connectivity index (χ0n) is 8.09. The highest BCUT2D eigenvalue weighted by molar-refractivity contribution is 5.14. The Hall–Kier alpha value is -0.890. The SMILES string of the molecule is Cc1cccc([C@@H]2CCCNC2)n1. The van der Waals surface area contributed by atoms with Gasteiger partial charge in [-0.1, -0.05) is 6.07 Å². The fourth-order valence-electron chi connectivity index (χ4n) is 1.90. The standard InChI is InChI=1S/C11H16N2/c1-9-4-2-6-11(13-9)10-5-3-7-12-8-10/h2,4,6,10,12H,3,5,7-8H2,1H3/t10-/m1/s1. The Morgan fingerprint density at radius 1 is 1.46 bits per heavy atom. The summed E-state index contributed by atoms with van der Waals surface area (Å²) in [4.78, 5) is 4.56. The maximum atomic E-state index is 4.56. The molecule has 70 valence electrons. The summed E-state index contributed by atoms with van der Waals surface area (Å²) in [6.45, 7) is 4.32. The second kappa shape index (κ2) is 3.88. The Morgan fingerprint density at radius 2 is 2.38 bits per heavy atom. The van der Waals surface area contributed by atoms with Crippen LogP contribution in [-0.4, -0.2) is 18.1 Å². The van der Waals surface area contributed by atoms with Gasteiger partial charge in [0.15, 0.2) is 0 Å². The Balaban J connectivity index is 2.14. The van der Waals surface area contributed by atoms with Gasteiger partial charge in [0.05, 0.1) is 0 Å². The first-order valence-corrected chi connectivity index (χ1v) is 5.00. The summed E-state index contributed by atoms with van der Waals surface area (Å²) in [6, 6.07) is 6.30. The van der Waals surface area contributed by atoms with Crippen molar-refractivity contribution in [3.63, 3.8) is 0 Å². The van der Waals surface area contributed by atoms with E-state index < -0.39 is 0 Å². The molecule has 1 atom stereocenters. The average molecular weight is 176 g/mol. The monoisotopic (exact) mass is 176 g/mol. The van der Waals surface area contributed by atoms with E-state index in [0.29, 0.717) is 5.92 Å². The molecule has 1 aromatic heterocycles. The van der Waals surface area contributed by atoms with Crippen LogP contribution in [0.1, 0.15) is 30.1 Å². The lowest BCUT2D eigenvalue weighted by atomic mass is 9.95. The number of nitrogens with one attached hydrogen (secondary N) is 1. The molecule has 0 bridgehead atoms. The van der Waals surface area contributed by atoms with Crippen LogP contribution >= 0.6 is 0 Å². The Morgan fingerprint density at radius 3 is 3.08 bits per heavy atom. The molecule has 0 spiro atoms. The van der Waals surface area contributed by atoms with Gasteiger partial charge in [-0.15, -0.1) is 0 Å². The van der Waals surface area contributed by atoms with Crippen LogP contribution in [0.25, 0.3) is 0 Å². The molecular weight excluding hydrogens is 160 g/mol. The normalized spacial score (nSPS) is 23.0. The molecule has 1 aromatic rings. The highest BCUT2D eigenvalue weighted by Gasteiger charge is 2.15. The van der Waals surface area contributed by atoms with E-state index in [-0.39, 0.29) is 0 Å². The van der Waals surface area contributed by atoms with Crippen molar-refractivity contribution in [2.45, 2.75) is 25.7 Å². The number of aryl methyl sites for hydroxylation is 1. The molecule has 0 radical (unpaired) electrons. The average Bonchev–Trinajstić information content (AvgIpc) is 2.19. The van der Waals surface area contributed by atoms with E-state index in [1.54, 1.807) is 0 Å². The molecule has 2 heterocycles. The quantitative estimate of drug-likeness (QED) is 0.706. The van der Waals surface area contributed by atoms with E-state index in [4.69, 9.17) is 0 Å². The predicted octanol–water partition coefficient (Wildman–Crippen LogP) is 1.86. The number of pyridine rings is 1. The van der Waals surface area contributed by atoms with Crippen LogP contribution in [0, 0.1) is 6.92 Å². The van der Waals surface area contributed by atoms with Gasteiger partial charge in [-0.3, -0.25) is 4.98 Å². The highest BCUT2D eigenvalue weighted by atomic mass is 14.9. The molecule has 0 aromatic carbocycles. The van der Waals surface area contributed by atoms with Crippen LogP contribution in [0.15, 0.2) is 18.2 Å². The molecule has 1 aliphatic heterocycles. The number of piperidine rings is 1. The number of rotatable bonds is 1. The van der Waals surface area contributed by atoms with Crippen molar-refractivity contribution in [3.05, 3.63) is 29.6 Å². The molecule has 2 nitrogen and oxygen atoms in total. The number of hydrogen-bond donors (Lipinski definition) is 1. The maximum Gasteiger partial charge on any atom is 0.0450 e. The first kappa shape index (κ1) is 8.70. The van der Waals surface area contributed by atoms with Crippen LogP contribution in [0.3, 0.4) is 0 Å². The van der Waals surface area contributed by atoms with Gasteiger partial charge < -0.3 is 5.32 Å². The Bertz CT molecular complexity index is 277. The molecule has 1 N–H and O–H groups in total. The zero-order chi connectivity index (χ0) is 9.10. The van der Waals surface area contributed by atoms with E-state index in [1.807, 2.05) is 0 Å². The van der Waals surface area contributed by atoms with Crippen LogP contribution in [-0.2, 0) is 0 Å². The molecule has 2 rings (SSSR count). The van der Waals surface area contributed by atoms with Crippen LogP contribution in [0.5, 0.6) is 0 Å². The molecule has 0 saturated carbocycles. The van der Waals surface area contributed by atoms with E-state index in [0.717, 1.165) is 12.2 Å². The minimum absolute atomic E-state index is 0.633. The summed E-state index contributed by atoms with van der Waals surface area (Å²) in [5, 5.41) is 3.41. The highest BCUT2D eigenvalue weighted by Crippen LogP contribution is 2.21. The van der Waals surface area contributed by atoms with Gasteiger partial charge in [-0.05, 0) is 38.4 Å².